The second-order valence-corrected chi connectivity index (χ2v) is 10.6. The average molecular weight is 502 g/mol. The molecule has 1 saturated heterocycles. The van der Waals surface area contributed by atoms with Crippen LogP contribution in [0.1, 0.15) is 43.9 Å². The van der Waals surface area contributed by atoms with Gasteiger partial charge < -0.3 is 24.8 Å². The molecule has 1 aromatic heterocycles. The number of hydrogen-bond donors (Lipinski definition) is 2. The molecule has 8 heteroatoms. The van der Waals surface area contributed by atoms with Gasteiger partial charge in [-0.2, -0.15) is 0 Å². The van der Waals surface area contributed by atoms with Gasteiger partial charge in [0.1, 0.15) is 24.4 Å². The van der Waals surface area contributed by atoms with Crippen LogP contribution in [0.5, 0.6) is 0 Å². The second-order valence-electron chi connectivity index (χ2n) is 10.6. The number of ether oxygens (including phenoxy) is 2. The van der Waals surface area contributed by atoms with Gasteiger partial charge in [-0.3, -0.25) is 4.79 Å². The number of fused-ring (bicyclic) bond motifs is 1. The number of rotatable bonds is 12. The van der Waals surface area contributed by atoms with E-state index in [4.69, 9.17) is 14.5 Å². The largest absolute Gasteiger partial charge is 0.492 e. The van der Waals surface area contributed by atoms with Gasteiger partial charge in [0.15, 0.2) is 0 Å². The highest BCUT2D eigenvalue weighted by molar-refractivity contribution is 5.67. The molecule has 2 unspecified atom stereocenters. The highest BCUT2D eigenvalue weighted by atomic mass is 19.1. The van der Waals surface area contributed by atoms with Crippen LogP contribution in [0.4, 0.5) is 10.2 Å². The number of allylic oxidation sites excluding steroid dienone is 3. The van der Waals surface area contributed by atoms with Crippen molar-refractivity contribution in [2.24, 2.45) is 17.3 Å². The number of anilines is 1. The fourth-order valence-electron chi connectivity index (χ4n) is 5.67. The Morgan fingerprint density at radius 1 is 1.39 bits per heavy atom. The molecule has 0 saturated carbocycles. The minimum Gasteiger partial charge on any atom is -0.492 e. The van der Waals surface area contributed by atoms with E-state index in [0.29, 0.717) is 31.4 Å². The summed E-state index contributed by atoms with van der Waals surface area (Å²) in [5, 5.41) is 13.0. The maximum atomic E-state index is 15.2. The molecule has 4 atom stereocenters. The average Bonchev–Trinajstić information content (AvgIpc) is 3.32. The van der Waals surface area contributed by atoms with Gasteiger partial charge in [0.2, 0.25) is 0 Å². The highest BCUT2D eigenvalue weighted by Crippen LogP contribution is 2.42. The molecule has 0 bridgehead atoms. The molecular formula is C28H40FN3O4. The van der Waals surface area contributed by atoms with Crippen LogP contribution in [0.25, 0.3) is 0 Å². The van der Waals surface area contributed by atoms with E-state index in [-0.39, 0.29) is 12.3 Å². The molecule has 7 nitrogen and oxygen atoms in total. The molecule has 4 rings (SSSR count). The molecule has 0 radical (unpaired) electrons. The smallest absolute Gasteiger partial charge is 0.303 e. The Kier molecular flexibility index (Phi) is 9.01. The summed E-state index contributed by atoms with van der Waals surface area (Å²) in [6.45, 7) is 5.97. The van der Waals surface area contributed by atoms with E-state index in [1.54, 1.807) is 19.3 Å². The van der Waals surface area contributed by atoms with Crippen molar-refractivity contribution in [1.29, 1.82) is 0 Å². The molecule has 1 aromatic rings. The molecule has 3 aliphatic rings. The van der Waals surface area contributed by atoms with Crippen molar-refractivity contribution in [3.05, 3.63) is 47.4 Å². The van der Waals surface area contributed by atoms with Gasteiger partial charge in [0.05, 0.1) is 13.0 Å². The van der Waals surface area contributed by atoms with E-state index in [1.165, 1.54) is 11.6 Å². The van der Waals surface area contributed by atoms with Crippen molar-refractivity contribution in [3.8, 4) is 0 Å². The predicted octanol–water partition coefficient (Wildman–Crippen LogP) is 4.25. The third-order valence-electron chi connectivity index (χ3n) is 7.94. The number of nitrogens with one attached hydrogen (secondary N) is 1. The Morgan fingerprint density at radius 2 is 2.25 bits per heavy atom. The number of pyridine rings is 1. The van der Waals surface area contributed by atoms with E-state index in [9.17, 15) is 9.90 Å². The standard InChI is InChI=1S/C28H40FN3O4/c1-28(17-24(9-10-25(28)29)36-15-14-35-2)22(16-26(33)34)19-32-13-11-20(18-32)5-7-23-8-6-21-4-3-12-30-27(21)31-23/h6,8-10,17,20,22,25H,3-5,7,11-16,18-19H2,1-2H3,(H,30,31)(H,33,34)/t20-,22-,25?,28?/m1/s1. The lowest BCUT2D eigenvalue weighted by Gasteiger charge is -2.40. The number of carbonyl (C=O) groups is 1. The number of carboxylic acids is 1. The summed E-state index contributed by atoms with van der Waals surface area (Å²) in [6, 6.07) is 4.35. The molecule has 0 amide bonds. The van der Waals surface area contributed by atoms with Crippen LogP contribution >= 0.6 is 0 Å². The molecule has 1 fully saturated rings. The fourth-order valence-corrected chi connectivity index (χ4v) is 5.67. The quantitative estimate of drug-likeness (QED) is 0.414. The van der Waals surface area contributed by atoms with Gasteiger partial charge in [-0.05, 0) is 80.3 Å². The molecule has 198 valence electrons. The topological polar surface area (TPSA) is 83.9 Å². The number of aliphatic carboxylic acids is 1. The van der Waals surface area contributed by atoms with Gasteiger partial charge >= 0.3 is 5.97 Å². The summed E-state index contributed by atoms with van der Waals surface area (Å²) < 4.78 is 26.0. The Morgan fingerprint density at radius 3 is 3.06 bits per heavy atom. The molecule has 0 spiro atoms. The lowest BCUT2D eigenvalue weighted by atomic mass is 9.69. The zero-order chi connectivity index (χ0) is 25.5. The number of aromatic nitrogens is 1. The number of likely N-dealkylation sites (tertiary alicyclic amines) is 1. The second kappa shape index (κ2) is 12.2. The van der Waals surface area contributed by atoms with E-state index in [1.807, 2.05) is 6.92 Å². The number of hydrogen-bond acceptors (Lipinski definition) is 6. The van der Waals surface area contributed by atoms with Crippen molar-refractivity contribution in [2.75, 3.05) is 51.8 Å². The number of aryl methyl sites for hydroxylation is 2. The van der Waals surface area contributed by atoms with E-state index in [2.05, 4.69) is 22.3 Å². The zero-order valence-electron chi connectivity index (χ0n) is 21.5. The van der Waals surface area contributed by atoms with Crippen molar-refractivity contribution >= 4 is 11.8 Å². The minimum absolute atomic E-state index is 0.0835. The normalized spacial score (nSPS) is 26.7. The summed E-state index contributed by atoms with van der Waals surface area (Å²) in [7, 11) is 1.60. The first-order valence-corrected chi connectivity index (χ1v) is 13.2. The third kappa shape index (κ3) is 6.65. The van der Waals surface area contributed by atoms with Crippen molar-refractivity contribution in [1.82, 2.24) is 9.88 Å². The maximum absolute atomic E-state index is 15.2. The van der Waals surface area contributed by atoms with Crippen molar-refractivity contribution in [2.45, 2.75) is 51.6 Å². The van der Waals surface area contributed by atoms with E-state index in [0.717, 1.165) is 63.3 Å². The predicted molar refractivity (Wildman–Crippen MR) is 138 cm³/mol. The summed E-state index contributed by atoms with van der Waals surface area (Å²) in [6.07, 6.45) is 8.87. The minimum atomic E-state index is -1.27. The van der Waals surface area contributed by atoms with Crippen molar-refractivity contribution < 1.29 is 23.8 Å². The summed E-state index contributed by atoms with van der Waals surface area (Å²) >= 11 is 0. The van der Waals surface area contributed by atoms with Crippen LogP contribution in [-0.4, -0.2) is 73.6 Å². The van der Waals surface area contributed by atoms with Crippen LogP contribution in [0.3, 0.4) is 0 Å². The number of carboxylic acid groups (broad SMARTS) is 1. The highest BCUT2D eigenvalue weighted by Gasteiger charge is 2.43. The number of halogens is 1. The van der Waals surface area contributed by atoms with Gasteiger partial charge in [-0.25, -0.2) is 9.37 Å². The summed E-state index contributed by atoms with van der Waals surface area (Å²) in [4.78, 5) is 18.9. The van der Waals surface area contributed by atoms with Crippen LogP contribution in [0.2, 0.25) is 0 Å². The van der Waals surface area contributed by atoms with E-state index < -0.39 is 17.6 Å². The number of alkyl halides is 1. The first-order chi connectivity index (χ1) is 17.4. The summed E-state index contributed by atoms with van der Waals surface area (Å²) in [5.74, 6) is 0.872. The lowest BCUT2D eigenvalue weighted by Crippen LogP contribution is -2.43. The van der Waals surface area contributed by atoms with Gasteiger partial charge in [-0.15, -0.1) is 0 Å². The summed E-state index contributed by atoms with van der Waals surface area (Å²) in [5.41, 5.74) is 1.48. The SMILES string of the molecule is COCCOC1=CC(C)([C@H](CC(=O)O)CN2CC[C@@H](CCc3ccc4c(n3)NCCC4)C2)C(F)C=C1. The maximum Gasteiger partial charge on any atom is 0.303 e. The monoisotopic (exact) mass is 501 g/mol. The van der Waals surface area contributed by atoms with Crippen LogP contribution in [0.15, 0.2) is 36.1 Å². The third-order valence-corrected chi connectivity index (χ3v) is 7.94. The van der Waals surface area contributed by atoms with Gasteiger partial charge in [0.25, 0.3) is 0 Å². The van der Waals surface area contributed by atoms with Gasteiger partial charge in [0, 0.05) is 37.9 Å². The zero-order valence-corrected chi connectivity index (χ0v) is 21.5. The molecule has 2 aliphatic heterocycles. The Hall–Kier alpha value is -2.45. The fraction of sp³-hybridized carbons (Fsp3) is 0.643. The Balaban J connectivity index is 1.35. The Labute approximate surface area is 213 Å². The van der Waals surface area contributed by atoms with Crippen LogP contribution < -0.4 is 5.32 Å². The number of methoxy groups -OCH3 is 1. The lowest BCUT2D eigenvalue weighted by molar-refractivity contribution is -0.139. The van der Waals surface area contributed by atoms with Gasteiger partial charge in [-0.1, -0.05) is 13.0 Å². The molecule has 2 N–H and O–H groups in total. The number of nitrogens with zero attached hydrogens (tertiary/aromatic N) is 2. The van der Waals surface area contributed by atoms with Crippen molar-refractivity contribution in [3.63, 3.8) is 0 Å². The molecule has 1 aliphatic carbocycles. The van der Waals surface area contributed by atoms with E-state index >= 15 is 4.39 Å². The van der Waals surface area contributed by atoms with Crippen LogP contribution in [0, 0.1) is 17.3 Å². The van der Waals surface area contributed by atoms with Crippen LogP contribution in [-0.2, 0) is 27.1 Å². The molecule has 0 aromatic carbocycles. The Bertz CT molecular complexity index is 968. The molecule has 36 heavy (non-hydrogen) atoms. The first-order valence-electron chi connectivity index (χ1n) is 13.2. The molecule has 3 heterocycles. The first kappa shape index (κ1) is 26.6. The molecular weight excluding hydrogens is 461 g/mol.